The van der Waals surface area contributed by atoms with Crippen molar-refractivity contribution in [3.8, 4) is 5.75 Å². The van der Waals surface area contributed by atoms with E-state index in [1.54, 1.807) is 11.1 Å². The van der Waals surface area contributed by atoms with E-state index in [1.165, 1.54) is 29.2 Å². The van der Waals surface area contributed by atoms with Gasteiger partial charge in [-0.3, -0.25) is 14.7 Å². The minimum Gasteiger partial charge on any atom is -0.435 e. The van der Waals surface area contributed by atoms with Crippen LogP contribution in [0.1, 0.15) is 17.3 Å². The number of alkyl halides is 2. The first-order valence-corrected chi connectivity index (χ1v) is 9.02. The van der Waals surface area contributed by atoms with Gasteiger partial charge in [-0.15, -0.1) is 0 Å². The highest BCUT2D eigenvalue weighted by Gasteiger charge is 2.34. The number of nitrogens with one attached hydrogen (secondary N) is 1. The predicted molar refractivity (Wildman–Crippen MR) is 102 cm³/mol. The van der Waals surface area contributed by atoms with E-state index in [0.717, 1.165) is 16.6 Å². The molecule has 0 bridgehead atoms. The van der Waals surface area contributed by atoms with Crippen molar-refractivity contribution in [1.29, 1.82) is 0 Å². The number of aromatic amines is 1. The number of H-pyrrole nitrogens is 1. The molecule has 0 unspecified atom stereocenters. The first-order valence-electron chi connectivity index (χ1n) is 9.02. The monoisotopic (exact) mass is 400 g/mol. The molecule has 1 aliphatic rings. The molecule has 1 saturated heterocycles. The van der Waals surface area contributed by atoms with Crippen LogP contribution in [0, 0.1) is 0 Å². The Balaban J connectivity index is 1.53. The van der Waals surface area contributed by atoms with Gasteiger partial charge in [-0.25, -0.2) is 0 Å². The van der Waals surface area contributed by atoms with Gasteiger partial charge in [-0.1, -0.05) is 6.07 Å². The molecule has 1 N–H and O–H groups in total. The van der Waals surface area contributed by atoms with Crippen molar-refractivity contribution >= 4 is 28.4 Å². The lowest BCUT2D eigenvalue weighted by Gasteiger charge is -2.39. The molecule has 1 aliphatic heterocycles. The van der Waals surface area contributed by atoms with E-state index in [1.807, 2.05) is 25.1 Å². The lowest BCUT2D eigenvalue weighted by molar-refractivity contribution is -0.121. The maximum atomic E-state index is 12.9. The largest absolute Gasteiger partial charge is 0.435 e. The molecular weight excluding hydrogens is 382 g/mol. The number of amides is 2. The smallest absolute Gasteiger partial charge is 0.387 e. The Labute approximate surface area is 164 Å². The molecule has 1 atom stereocenters. The molecule has 1 fully saturated rings. The lowest BCUT2D eigenvalue weighted by atomic mass is 10.1. The Kier molecular flexibility index (Phi) is 4.87. The Bertz CT molecular complexity index is 1070. The molecule has 0 saturated carbocycles. The number of fused-ring (bicyclic) bond motifs is 1. The quantitative estimate of drug-likeness (QED) is 0.730. The minimum absolute atomic E-state index is 0.101. The maximum absolute atomic E-state index is 12.9. The summed E-state index contributed by atoms with van der Waals surface area (Å²) in [5.41, 5.74) is 1.73. The average molecular weight is 400 g/mol. The van der Waals surface area contributed by atoms with E-state index in [-0.39, 0.29) is 29.8 Å². The lowest BCUT2D eigenvalue weighted by Crippen LogP contribution is -2.57. The predicted octanol–water partition coefficient (Wildman–Crippen LogP) is 3.04. The molecule has 2 amide bonds. The number of rotatable bonds is 4. The summed E-state index contributed by atoms with van der Waals surface area (Å²) in [6.45, 7) is -0.930. The molecule has 29 heavy (non-hydrogen) atoms. The molecule has 2 aromatic carbocycles. The van der Waals surface area contributed by atoms with Gasteiger partial charge < -0.3 is 14.5 Å². The number of hydrogen-bond acceptors (Lipinski definition) is 4. The van der Waals surface area contributed by atoms with Crippen molar-refractivity contribution in [2.45, 2.75) is 19.6 Å². The number of aromatic nitrogens is 2. The highest BCUT2D eigenvalue weighted by Crippen LogP contribution is 2.25. The molecule has 2 heterocycles. The second-order valence-electron chi connectivity index (χ2n) is 6.83. The van der Waals surface area contributed by atoms with Gasteiger partial charge in [-0.05, 0) is 43.3 Å². The number of nitrogens with zero attached hydrogens (tertiary/aromatic N) is 3. The summed E-state index contributed by atoms with van der Waals surface area (Å²) in [4.78, 5) is 28.7. The molecule has 7 nitrogen and oxygen atoms in total. The summed E-state index contributed by atoms with van der Waals surface area (Å²) < 4.78 is 29.2. The normalized spacial score (nSPS) is 17.2. The van der Waals surface area contributed by atoms with Crippen LogP contribution in [0.4, 0.5) is 14.5 Å². The number of benzene rings is 2. The van der Waals surface area contributed by atoms with Gasteiger partial charge in [0.25, 0.3) is 5.91 Å². The first kappa shape index (κ1) is 18.9. The van der Waals surface area contributed by atoms with E-state index >= 15 is 0 Å². The third-order valence-electron chi connectivity index (χ3n) is 4.89. The molecule has 0 radical (unpaired) electrons. The highest BCUT2D eigenvalue weighted by atomic mass is 19.3. The number of carbonyl (C=O) groups is 2. The first-order chi connectivity index (χ1) is 13.9. The molecule has 150 valence electrons. The molecule has 0 spiro atoms. The summed E-state index contributed by atoms with van der Waals surface area (Å²) in [5, 5.41) is 7.79. The van der Waals surface area contributed by atoms with Crippen LogP contribution < -0.4 is 9.64 Å². The zero-order chi connectivity index (χ0) is 20.5. The second-order valence-corrected chi connectivity index (χ2v) is 6.83. The summed E-state index contributed by atoms with van der Waals surface area (Å²) in [5.74, 6) is -0.735. The van der Waals surface area contributed by atoms with E-state index < -0.39 is 12.5 Å². The van der Waals surface area contributed by atoms with Crippen LogP contribution >= 0.6 is 0 Å². The van der Waals surface area contributed by atoms with Crippen LogP contribution in [-0.2, 0) is 4.79 Å². The molecule has 0 aliphatic carbocycles. The number of hydrogen-bond donors (Lipinski definition) is 1. The van der Waals surface area contributed by atoms with Crippen LogP contribution in [-0.4, -0.2) is 52.7 Å². The SMILES string of the molecule is C[C@@H]1CN(c2ccc3cn[nH]c3c2)C(=O)CN1C(=O)c1cccc(OC(F)F)c1. The third-order valence-corrected chi connectivity index (χ3v) is 4.89. The molecule has 4 rings (SSSR count). The molecular formula is C20H18F2N4O3. The van der Waals surface area contributed by atoms with Gasteiger partial charge in [0.05, 0.1) is 11.7 Å². The number of carbonyl (C=O) groups excluding carboxylic acids is 2. The van der Waals surface area contributed by atoms with Gasteiger partial charge in [0.2, 0.25) is 5.91 Å². The Morgan fingerprint density at radius 3 is 2.90 bits per heavy atom. The van der Waals surface area contributed by atoms with E-state index in [9.17, 15) is 18.4 Å². The Hall–Kier alpha value is -3.49. The zero-order valence-corrected chi connectivity index (χ0v) is 15.5. The summed E-state index contributed by atoms with van der Waals surface area (Å²) >= 11 is 0. The van der Waals surface area contributed by atoms with Crippen LogP contribution in [0.3, 0.4) is 0 Å². The van der Waals surface area contributed by atoms with Crippen molar-refractivity contribution in [2.24, 2.45) is 0 Å². The average Bonchev–Trinajstić information content (AvgIpc) is 3.16. The summed E-state index contributed by atoms with van der Waals surface area (Å²) in [6.07, 6.45) is 1.70. The van der Waals surface area contributed by atoms with E-state index in [0.29, 0.717) is 6.54 Å². The molecule has 9 heteroatoms. The topological polar surface area (TPSA) is 78.5 Å². The van der Waals surface area contributed by atoms with Crippen LogP contribution in [0.5, 0.6) is 5.75 Å². The minimum atomic E-state index is -2.98. The number of ether oxygens (including phenoxy) is 1. The zero-order valence-electron chi connectivity index (χ0n) is 15.5. The fraction of sp³-hybridized carbons (Fsp3) is 0.250. The van der Waals surface area contributed by atoms with Crippen molar-refractivity contribution in [1.82, 2.24) is 15.1 Å². The third kappa shape index (κ3) is 3.75. The number of anilines is 1. The second kappa shape index (κ2) is 7.50. The van der Waals surface area contributed by atoms with Crippen molar-refractivity contribution in [3.63, 3.8) is 0 Å². The van der Waals surface area contributed by atoms with Crippen molar-refractivity contribution in [2.75, 3.05) is 18.0 Å². The van der Waals surface area contributed by atoms with Gasteiger partial charge >= 0.3 is 6.61 Å². The van der Waals surface area contributed by atoms with Gasteiger partial charge in [0, 0.05) is 29.2 Å². The molecule has 1 aromatic heterocycles. The highest BCUT2D eigenvalue weighted by molar-refractivity contribution is 6.02. The van der Waals surface area contributed by atoms with Crippen molar-refractivity contribution in [3.05, 3.63) is 54.2 Å². The number of halogens is 2. The summed E-state index contributed by atoms with van der Waals surface area (Å²) in [7, 11) is 0. The fourth-order valence-electron chi connectivity index (χ4n) is 3.44. The fourth-order valence-corrected chi connectivity index (χ4v) is 3.44. The summed E-state index contributed by atoms with van der Waals surface area (Å²) in [6, 6.07) is 10.9. The molecule has 3 aromatic rings. The Morgan fingerprint density at radius 2 is 2.10 bits per heavy atom. The van der Waals surface area contributed by atoms with E-state index in [4.69, 9.17) is 0 Å². The van der Waals surface area contributed by atoms with Crippen LogP contribution in [0.25, 0.3) is 10.9 Å². The van der Waals surface area contributed by atoms with Gasteiger partial charge in [0.1, 0.15) is 12.3 Å². The van der Waals surface area contributed by atoms with Crippen LogP contribution in [0.2, 0.25) is 0 Å². The van der Waals surface area contributed by atoms with E-state index in [2.05, 4.69) is 14.9 Å². The van der Waals surface area contributed by atoms with Gasteiger partial charge in [-0.2, -0.15) is 13.9 Å². The van der Waals surface area contributed by atoms with Gasteiger partial charge in [0.15, 0.2) is 0 Å². The maximum Gasteiger partial charge on any atom is 0.387 e. The Morgan fingerprint density at radius 1 is 1.28 bits per heavy atom. The standard InChI is InChI=1S/C20H18F2N4O3/c1-12-10-26(15-6-5-14-9-23-24-17(14)8-15)18(27)11-25(12)19(28)13-3-2-4-16(7-13)29-20(21)22/h2-9,12,20H,10-11H2,1H3,(H,23,24)/t12-/m1/s1. The van der Waals surface area contributed by atoms with Crippen LogP contribution in [0.15, 0.2) is 48.7 Å². The van der Waals surface area contributed by atoms with Crippen molar-refractivity contribution < 1.29 is 23.1 Å². The number of piperazine rings is 1.